The zero-order valence-electron chi connectivity index (χ0n) is 13.6. The Morgan fingerprint density at radius 2 is 1.93 bits per heavy atom. The van der Waals surface area contributed by atoms with Gasteiger partial charge in [-0.1, -0.05) is 28.1 Å². The van der Waals surface area contributed by atoms with Gasteiger partial charge in [0.05, 0.1) is 11.1 Å². The van der Waals surface area contributed by atoms with Gasteiger partial charge in [0.15, 0.2) is 0 Å². The van der Waals surface area contributed by atoms with E-state index in [1.165, 1.54) is 24.5 Å². The van der Waals surface area contributed by atoms with E-state index in [-0.39, 0.29) is 11.6 Å². The lowest BCUT2D eigenvalue weighted by Gasteiger charge is -2.11. The quantitative estimate of drug-likeness (QED) is 0.587. The molecule has 0 aliphatic rings. The van der Waals surface area contributed by atoms with Crippen LogP contribution in [0.5, 0.6) is 0 Å². The van der Waals surface area contributed by atoms with Gasteiger partial charge in [0.25, 0.3) is 0 Å². The molecule has 0 atom stereocenters. The topological polar surface area (TPSA) is 80.9 Å². The van der Waals surface area contributed by atoms with Crippen LogP contribution in [-0.2, 0) is 4.79 Å². The van der Waals surface area contributed by atoms with Gasteiger partial charge >= 0.3 is 6.18 Å². The molecular weight excluding hydrogens is 425 g/mol. The summed E-state index contributed by atoms with van der Waals surface area (Å²) < 4.78 is 39.1. The summed E-state index contributed by atoms with van der Waals surface area (Å²) in [6.07, 6.45) is -3.45. The number of carbonyl (C=O) groups excluding carboxylic acids is 1. The normalized spacial score (nSPS) is 12.2. The number of amides is 1. The molecule has 0 unspecified atom stereocenters. The lowest BCUT2D eigenvalue weighted by atomic mass is 10.0. The van der Waals surface area contributed by atoms with E-state index in [1.54, 1.807) is 6.07 Å². The predicted molar refractivity (Wildman–Crippen MR) is 100 cm³/mol. The van der Waals surface area contributed by atoms with E-state index < -0.39 is 17.7 Å². The molecule has 9 heteroatoms. The van der Waals surface area contributed by atoms with E-state index in [1.807, 2.05) is 18.2 Å². The van der Waals surface area contributed by atoms with Gasteiger partial charge in [0.1, 0.15) is 12.1 Å². The zero-order valence-corrected chi connectivity index (χ0v) is 15.2. The molecule has 0 saturated heterocycles. The molecule has 5 nitrogen and oxygen atoms in total. The van der Waals surface area contributed by atoms with Crippen molar-refractivity contribution < 1.29 is 18.0 Å². The summed E-state index contributed by atoms with van der Waals surface area (Å²) in [5.74, 6) is -0.791. The minimum absolute atomic E-state index is 0.0272. The van der Waals surface area contributed by atoms with Crippen LogP contribution in [-0.4, -0.2) is 22.1 Å². The molecule has 3 aromatic rings. The van der Waals surface area contributed by atoms with E-state index in [4.69, 9.17) is 5.73 Å². The molecule has 3 rings (SSSR count). The number of rotatable bonds is 4. The number of fused-ring (bicyclic) bond motifs is 1. The molecular formula is C18H12BrF3N4O. The fourth-order valence-corrected chi connectivity index (χ4v) is 2.89. The number of nitrogens with one attached hydrogen (secondary N) is 1. The number of aromatic nitrogens is 2. The Morgan fingerprint density at radius 1 is 1.15 bits per heavy atom. The first-order valence-corrected chi connectivity index (χ1v) is 8.39. The second-order valence-electron chi connectivity index (χ2n) is 5.55. The molecule has 27 heavy (non-hydrogen) atoms. The third-order valence-electron chi connectivity index (χ3n) is 3.61. The number of primary amides is 1. The van der Waals surface area contributed by atoms with Gasteiger partial charge < -0.3 is 11.1 Å². The van der Waals surface area contributed by atoms with Gasteiger partial charge in [0.2, 0.25) is 5.91 Å². The summed E-state index contributed by atoms with van der Waals surface area (Å²) in [4.78, 5) is 19.8. The number of halogens is 4. The van der Waals surface area contributed by atoms with Gasteiger partial charge in [-0.3, -0.25) is 4.79 Å². The van der Waals surface area contributed by atoms with Gasteiger partial charge in [0, 0.05) is 21.6 Å². The highest BCUT2D eigenvalue weighted by Crippen LogP contribution is 2.29. The molecule has 0 saturated carbocycles. The zero-order chi connectivity index (χ0) is 19.6. The van der Waals surface area contributed by atoms with Crippen molar-refractivity contribution in [3.63, 3.8) is 0 Å². The highest BCUT2D eigenvalue weighted by molar-refractivity contribution is 9.10. The molecule has 1 aromatic heterocycles. The third-order valence-corrected chi connectivity index (χ3v) is 4.10. The van der Waals surface area contributed by atoms with Crippen LogP contribution in [0.4, 0.5) is 24.7 Å². The summed E-state index contributed by atoms with van der Waals surface area (Å²) in [6.45, 7) is 0. The van der Waals surface area contributed by atoms with Crippen molar-refractivity contribution in [2.45, 2.75) is 6.18 Å². The fourth-order valence-electron chi connectivity index (χ4n) is 2.49. The molecule has 0 bridgehead atoms. The molecule has 0 aliphatic carbocycles. The van der Waals surface area contributed by atoms with Crippen LogP contribution < -0.4 is 11.1 Å². The Balaban J connectivity index is 2.11. The third kappa shape index (κ3) is 4.62. The summed E-state index contributed by atoms with van der Waals surface area (Å²) >= 11 is 3.36. The average Bonchev–Trinajstić information content (AvgIpc) is 2.59. The van der Waals surface area contributed by atoms with Crippen LogP contribution in [0.1, 0.15) is 5.56 Å². The number of anilines is 2. The van der Waals surface area contributed by atoms with E-state index >= 15 is 0 Å². The largest absolute Gasteiger partial charge is 0.410 e. The Kier molecular flexibility index (Phi) is 5.13. The van der Waals surface area contributed by atoms with Crippen LogP contribution in [0, 0.1) is 0 Å². The van der Waals surface area contributed by atoms with Crippen molar-refractivity contribution in [2.24, 2.45) is 5.73 Å². The smallest absolute Gasteiger partial charge is 0.366 e. The molecule has 0 radical (unpaired) electrons. The number of alkyl halides is 3. The van der Waals surface area contributed by atoms with Crippen molar-refractivity contribution >= 4 is 49.8 Å². The Labute approximate surface area is 160 Å². The number of nitrogens with zero attached hydrogens (tertiary/aromatic N) is 2. The first-order chi connectivity index (χ1) is 12.7. The molecule has 1 heterocycles. The molecule has 3 N–H and O–H groups in total. The Hall–Kier alpha value is -2.94. The van der Waals surface area contributed by atoms with Gasteiger partial charge in [-0.25, -0.2) is 9.97 Å². The molecule has 0 spiro atoms. The monoisotopic (exact) mass is 436 g/mol. The van der Waals surface area contributed by atoms with Crippen molar-refractivity contribution in [3.05, 3.63) is 64.9 Å². The number of hydrogen-bond acceptors (Lipinski definition) is 4. The molecule has 0 fully saturated rings. The van der Waals surface area contributed by atoms with Crippen molar-refractivity contribution in [2.75, 3.05) is 5.32 Å². The Bertz CT molecular complexity index is 1050. The first kappa shape index (κ1) is 18.8. The molecule has 138 valence electrons. The molecule has 1 amide bonds. The van der Waals surface area contributed by atoms with E-state index in [9.17, 15) is 18.0 Å². The van der Waals surface area contributed by atoms with E-state index in [2.05, 4.69) is 31.2 Å². The number of nitrogens with two attached hydrogens (primary N) is 1. The summed E-state index contributed by atoms with van der Waals surface area (Å²) in [7, 11) is 0. The summed E-state index contributed by atoms with van der Waals surface area (Å²) in [6, 6.07) is 11.6. The second kappa shape index (κ2) is 7.36. The van der Waals surface area contributed by atoms with E-state index in [0.29, 0.717) is 16.7 Å². The van der Waals surface area contributed by atoms with E-state index in [0.717, 1.165) is 10.2 Å². The number of allylic oxidation sites excluding steroid dienone is 1. The van der Waals surface area contributed by atoms with Crippen molar-refractivity contribution in [1.82, 2.24) is 9.97 Å². The maximum absolute atomic E-state index is 12.7. The maximum atomic E-state index is 12.7. The SMILES string of the molecule is NC(=O)C(=CC(F)(F)F)c1ccc2ncnc(Nc3cccc(Br)c3)c2c1. The number of benzene rings is 2. The number of hydrogen-bond donors (Lipinski definition) is 2. The fraction of sp³-hybridized carbons (Fsp3) is 0.0556. The molecule has 2 aromatic carbocycles. The standard InChI is InChI=1S/C18H12BrF3N4O/c19-11-2-1-3-12(7-11)26-17-13-6-10(4-5-15(13)24-9-25-17)14(16(23)27)8-18(20,21)22/h1-9H,(H2,23,27)(H,24,25,26). The predicted octanol–water partition coefficient (Wildman–Crippen LogP) is 4.57. The maximum Gasteiger partial charge on any atom is 0.410 e. The Morgan fingerprint density at radius 3 is 2.59 bits per heavy atom. The second-order valence-corrected chi connectivity index (χ2v) is 6.47. The van der Waals surface area contributed by atoms with Gasteiger partial charge in [-0.05, 0) is 35.9 Å². The first-order valence-electron chi connectivity index (χ1n) is 7.60. The highest BCUT2D eigenvalue weighted by atomic mass is 79.9. The van der Waals surface area contributed by atoms with Crippen LogP contribution in [0.2, 0.25) is 0 Å². The van der Waals surface area contributed by atoms with Gasteiger partial charge in [-0.2, -0.15) is 13.2 Å². The minimum atomic E-state index is -4.68. The van der Waals surface area contributed by atoms with Crippen LogP contribution in [0.25, 0.3) is 16.5 Å². The van der Waals surface area contributed by atoms with Crippen LogP contribution in [0.15, 0.2) is 59.3 Å². The van der Waals surface area contributed by atoms with Gasteiger partial charge in [-0.15, -0.1) is 0 Å². The van der Waals surface area contributed by atoms with Crippen LogP contribution in [0.3, 0.4) is 0 Å². The van der Waals surface area contributed by atoms with Crippen molar-refractivity contribution in [1.29, 1.82) is 0 Å². The summed E-state index contributed by atoms with van der Waals surface area (Å²) in [5.41, 5.74) is 5.75. The highest BCUT2D eigenvalue weighted by Gasteiger charge is 2.27. The van der Waals surface area contributed by atoms with Crippen molar-refractivity contribution in [3.8, 4) is 0 Å². The average molecular weight is 437 g/mol. The summed E-state index contributed by atoms with van der Waals surface area (Å²) in [5, 5.41) is 3.54. The lowest BCUT2D eigenvalue weighted by molar-refractivity contribution is -0.113. The number of carbonyl (C=O) groups is 1. The lowest BCUT2D eigenvalue weighted by Crippen LogP contribution is -2.16. The minimum Gasteiger partial charge on any atom is -0.366 e. The molecule has 0 aliphatic heterocycles. The van der Waals surface area contributed by atoms with Crippen LogP contribution >= 0.6 is 15.9 Å².